The summed E-state index contributed by atoms with van der Waals surface area (Å²) >= 11 is 0. The fourth-order valence-electron chi connectivity index (χ4n) is 5.51. The van der Waals surface area contributed by atoms with Gasteiger partial charge in [-0.3, -0.25) is 4.57 Å². The van der Waals surface area contributed by atoms with E-state index in [9.17, 15) is 9.36 Å². The molecule has 0 heterocycles. The monoisotopic (exact) mass is 674 g/mol. The molecule has 8 heteroatoms. The van der Waals surface area contributed by atoms with Crippen LogP contribution in [-0.4, -0.2) is 38.6 Å². The molecule has 2 aromatic rings. The Bertz CT molecular complexity index is 1100. The van der Waals surface area contributed by atoms with Crippen molar-refractivity contribution in [2.45, 2.75) is 137 Å². The number of carbonyl (C=O) groups excluding carboxylic acids is 1. The lowest BCUT2D eigenvalue weighted by Gasteiger charge is -2.17. The van der Waals surface area contributed by atoms with Gasteiger partial charge in [-0.1, -0.05) is 134 Å². The molecule has 0 atom stereocenters. The molecule has 266 valence electrons. The van der Waals surface area contributed by atoms with Crippen molar-refractivity contribution in [2.24, 2.45) is 0 Å². The van der Waals surface area contributed by atoms with Crippen LogP contribution in [0.4, 0.5) is 0 Å². The van der Waals surface area contributed by atoms with Crippen molar-refractivity contribution in [3.8, 4) is 11.5 Å². The quantitative estimate of drug-likeness (QED) is 0.0463. The number of carbonyl (C=O) groups is 1. The zero-order chi connectivity index (χ0) is 33.8. The first-order valence-corrected chi connectivity index (χ1v) is 20.2. The Hall–Kier alpha value is -2.34. The standard InChI is InChI=1S/C39H63O7P/c1-4-7-8-9-10-11-12-13-14-15-16-17-18-19-20-24-28-42-37-31-36(39(40)44-34-35-26-22-21-23-27-35)32-38(33-37)43-29-25-30-47(41,45-5-2)46-6-3/h21-23,26-27,31-33H,4-20,24-25,28-30,34H2,1-3H3. The fraction of sp³-hybridized carbons (Fsp3) is 0.667. The molecule has 0 aliphatic carbocycles. The van der Waals surface area contributed by atoms with Crippen LogP contribution in [0, 0.1) is 0 Å². The van der Waals surface area contributed by atoms with Gasteiger partial charge in [0.25, 0.3) is 0 Å². The van der Waals surface area contributed by atoms with E-state index in [1.807, 2.05) is 30.3 Å². The van der Waals surface area contributed by atoms with E-state index in [1.165, 1.54) is 89.9 Å². The minimum atomic E-state index is -3.13. The highest BCUT2D eigenvalue weighted by molar-refractivity contribution is 7.53. The van der Waals surface area contributed by atoms with Crippen molar-refractivity contribution in [1.29, 1.82) is 0 Å². The smallest absolute Gasteiger partial charge is 0.338 e. The highest BCUT2D eigenvalue weighted by Crippen LogP contribution is 2.48. The predicted octanol–water partition coefficient (Wildman–Crippen LogP) is 11.7. The average Bonchev–Trinajstić information content (AvgIpc) is 3.07. The van der Waals surface area contributed by atoms with Gasteiger partial charge in [0.1, 0.15) is 18.1 Å². The van der Waals surface area contributed by atoms with Crippen molar-refractivity contribution in [2.75, 3.05) is 32.6 Å². The van der Waals surface area contributed by atoms with Crippen LogP contribution in [0.1, 0.15) is 146 Å². The number of hydrogen-bond donors (Lipinski definition) is 0. The molecule has 0 spiro atoms. The number of rotatable bonds is 30. The van der Waals surface area contributed by atoms with E-state index < -0.39 is 13.6 Å². The Morgan fingerprint density at radius 2 is 1.06 bits per heavy atom. The molecule has 0 aliphatic heterocycles. The summed E-state index contributed by atoms with van der Waals surface area (Å²) in [6.07, 6.45) is 21.9. The first kappa shape index (κ1) is 40.8. The lowest BCUT2D eigenvalue weighted by Crippen LogP contribution is -2.08. The molecule has 2 rings (SSSR count). The summed E-state index contributed by atoms with van der Waals surface area (Å²) in [5, 5.41) is 0. The van der Waals surface area contributed by atoms with E-state index in [2.05, 4.69) is 6.92 Å². The Labute approximate surface area is 286 Å². The predicted molar refractivity (Wildman–Crippen MR) is 193 cm³/mol. The van der Waals surface area contributed by atoms with Gasteiger partial charge >= 0.3 is 13.6 Å². The molecule has 0 unspecified atom stereocenters. The van der Waals surface area contributed by atoms with Crippen LogP contribution in [0.25, 0.3) is 0 Å². The molecule has 2 aromatic carbocycles. The molecule has 0 saturated heterocycles. The number of benzene rings is 2. The van der Waals surface area contributed by atoms with Crippen LogP contribution in [-0.2, 0) is 25.0 Å². The normalized spacial score (nSPS) is 11.5. The van der Waals surface area contributed by atoms with Crippen LogP contribution in [0.15, 0.2) is 48.5 Å². The summed E-state index contributed by atoms with van der Waals surface area (Å²) < 4.78 is 41.1. The fourth-order valence-corrected chi connectivity index (χ4v) is 7.15. The Balaban J connectivity index is 1.73. The molecule has 0 fully saturated rings. The molecular formula is C39H63O7P. The summed E-state index contributed by atoms with van der Waals surface area (Å²) in [7, 11) is -3.13. The Kier molecular flexibility index (Phi) is 23.1. The second-order valence-corrected chi connectivity index (χ2v) is 14.5. The minimum Gasteiger partial charge on any atom is -0.493 e. The largest absolute Gasteiger partial charge is 0.493 e. The van der Waals surface area contributed by atoms with Gasteiger partial charge in [0.05, 0.1) is 38.2 Å². The minimum absolute atomic E-state index is 0.185. The van der Waals surface area contributed by atoms with Gasteiger partial charge in [-0.2, -0.15) is 0 Å². The van der Waals surface area contributed by atoms with Crippen LogP contribution in [0.5, 0.6) is 11.5 Å². The summed E-state index contributed by atoms with van der Waals surface area (Å²) in [6, 6.07) is 14.8. The molecule has 0 N–H and O–H groups in total. The highest BCUT2D eigenvalue weighted by atomic mass is 31.2. The number of esters is 1. The van der Waals surface area contributed by atoms with E-state index in [0.717, 1.165) is 18.4 Å². The second kappa shape index (κ2) is 26.6. The maximum atomic E-state index is 13.0. The van der Waals surface area contributed by atoms with Crippen molar-refractivity contribution < 1.29 is 32.6 Å². The molecule has 47 heavy (non-hydrogen) atoms. The average molecular weight is 675 g/mol. The number of hydrogen-bond acceptors (Lipinski definition) is 7. The van der Waals surface area contributed by atoms with Crippen molar-refractivity contribution >= 4 is 13.6 Å². The van der Waals surface area contributed by atoms with E-state index in [1.54, 1.807) is 32.0 Å². The molecule has 0 bridgehead atoms. The SMILES string of the molecule is CCCCCCCCCCCCCCCCCCOc1cc(OCCCP(=O)(OCC)OCC)cc(C(=O)OCc2ccccc2)c1. The third-order valence-electron chi connectivity index (χ3n) is 8.09. The Morgan fingerprint density at radius 3 is 1.55 bits per heavy atom. The third kappa shape index (κ3) is 19.9. The highest BCUT2D eigenvalue weighted by Gasteiger charge is 2.23. The van der Waals surface area contributed by atoms with Crippen LogP contribution in [0.2, 0.25) is 0 Å². The van der Waals surface area contributed by atoms with Gasteiger partial charge in [-0.25, -0.2) is 4.79 Å². The summed E-state index contributed by atoms with van der Waals surface area (Å²) in [5.41, 5.74) is 1.29. The topological polar surface area (TPSA) is 80.3 Å². The molecule has 0 amide bonds. The lowest BCUT2D eigenvalue weighted by atomic mass is 10.0. The van der Waals surface area contributed by atoms with E-state index in [-0.39, 0.29) is 12.8 Å². The zero-order valence-electron chi connectivity index (χ0n) is 29.7. The molecule has 0 aliphatic rings. The van der Waals surface area contributed by atoms with E-state index in [0.29, 0.717) is 49.9 Å². The van der Waals surface area contributed by atoms with Crippen LogP contribution < -0.4 is 9.47 Å². The molecule has 0 saturated carbocycles. The summed E-state index contributed by atoms with van der Waals surface area (Å²) in [5.74, 6) is 0.636. The molecular weight excluding hydrogens is 611 g/mol. The first-order valence-electron chi connectivity index (χ1n) is 18.5. The van der Waals surface area contributed by atoms with Gasteiger partial charge < -0.3 is 23.3 Å². The molecule has 7 nitrogen and oxygen atoms in total. The Morgan fingerprint density at radius 1 is 0.596 bits per heavy atom. The molecule has 0 aromatic heterocycles. The van der Waals surface area contributed by atoms with Crippen LogP contribution in [0.3, 0.4) is 0 Å². The van der Waals surface area contributed by atoms with Crippen molar-refractivity contribution in [3.05, 3.63) is 59.7 Å². The molecule has 0 radical (unpaired) electrons. The van der Waals surface area contributed by atoms with Gasteiger partial charge in [0, 0.05) is 6.07 Å². The second-order valence-electron chi connectivity index (χ2n) is 12.3. The van der Waals surface area contributed by atoms with Gasteiger partial charge in [0.15, 0.2) is 0 Å². The maximum absolute atomic E-state index is 13.0. The zero-order valence-corrected chi connectivity index (χ0v) is 30.6. The van der Waals surface area contributed by atoms with Gasteiger partial charge in [-0.05, 0) is 44.4 Å². The van der Waals surface area contributed by atoms with E-state index in [4.69, 9.17) is 23.3 Å². The van der Waals surface area contributed by atoms with Crippen LogP contribution >= 0.6 is 7.60 Å². The van der Waals surface area contributed by atoms with Crippen molar-refractivity contribution in [1.82, 2.24) is 0 Å². The van der Waals surface area contributed by atoms with Crippen molar-refractivity contribution in [3.63, 3.8) is 0 Å². The number of unbranched alkanes of at least 4 members (excludes halogenated alkanes) is 15. The number of ether oxygens (including phenoxy) is 3. The van der Waals surface area contributed by atoms with Gasteiger partial charge in [0.2, 0.25) is 0 Å². The lowest BCUT2D eigenvalue weighted by molar-refractivity contribution is 0.0471. The third-order valence-corrected chi connectivity index (χ3v) is 10.3. The van der Waals surface area contributed by atoms with E-state index >= 15 is 0 Å². The first-order chi connectivity index (χ1) is 23.0. The summed E-state index contributed by atoms with van der Waals surface area (Å²) in [6.45, 7) is 7.58. The van der Waals surface area contributed by atoms with Gasteiger partial charge in [-0.15, -0.1) is 0 Å². The summed E-state index contributed by atoms with van der Waals surface area (Å²) in [4.78, 5) is 13.0. The maximum Gasteiger partial charge on any atom is 0.338 e.